The Kier molecular flexibility index (Phi) is 3.68. The van der Waals surface area contributed by atoms with Gasteiger partial charge in [0, 0.05) is 51.1 Å². The molecule has 0 aliphatic carbocycles. The van der Waals surface area contributed by atoms with Crippen molar-refractivity contribution >= 4 is 11.8 Å². The lowest BCUT2D eigenvalue weighted by atomic mass is 10.1. The third-order valence-corrected chi connectivity index (χ3v) is 3.78. The zero-order valence-electron chi connectivity index (χ0n) is 12.7. The van der Waals surface area contributed by atoms with Crippen LogP contribution in [0.2, 0.25) is 0 Å². The molecule has 0 unspecified atom stereocenters. The average Bonchev–Trinajstić information content (AvgIpc) is 2.97. The molecule has 6 nitrogen and oxygen atoms in total. The van der Waals surface area contributed by atoms with E-state index in [0.717, 1.165) is 42.7 Å². The fraction of sp³-hybridized carbons (Fsp3) is 0.467. The molecule has 1 atom stereocenters. The standard InChI is InChI=1S/C15H20N6/c1-11-8-14(18-10-17-11)21-7-5-12(9-21)13-4-6-16-15(19-13)20(2)3/h4,6,8,10,12H,5,7,9H2,1-3H3/t12-/m0/s1. The predicted molar refractivity (Wildman–Crippen MR) is 82.7 cm³/mol. The van der Waals surface area contributed by atoms with Crippen LogP contribution in [-0.4, -0.2) is 47.1 Å². The predicted octanol–water partition coefficient (Wildman–Crippen LogP) is 1.63. The van der Waals surface area contributed by atoms with Gasteiger partial charge in [0.25, 0.3) is 0 Å². The monoisotopic (exact) mass is 284 g/mol. The third kappa shape index (κ3) is 2.94. The summed E-state index contributed by atoms with van der Waals surface area (Å²) in [4.78, 5) is 21.7. The van der Waals surface area contributed by atoms with Gasteiger partial charge in [-0.3, -0.25) is 0 Å². The minimum Gasteiger partial charge on any atom is -0.356 e. The van der Waals surface area contributed by atoms with Gasteiger partial charge in [0.1, 0.15) is 12.1 Å². The molecule has 0 bridgehead atoms. The normalized spacial score (nSPS) is 18.0. The number of hydrogen-bond donors (Lipinski definition) is 0. The minimum absolute atomic E-state index is 0.432. The zero-order valence-corrected chi connectivity index (χ0v) is 12.7. The van der Waals surface area contributed by atoms with Crippen LogP contribution in [0, 0.1) is 6.92 Å². The smallest absolute Gasteiger partial charge is 0.224 e. The lowest BCUT2D eigenvalue weighted by Crippen LogP contribution is -2.21. The summed E-state index contributed by atoms with van der Waals surface area (Å²) in [6, 6.07) is 4.06. The summed E-state index contributed by atoms with van der Waals surface area (Å²) in [6.07, 6.45) is 4.56. The number of rotatable bonds is 3. The van der Waals surface area contributed by atoms with E-state index in [-0.39, 0.29) is 0 Å². The van der Waals surface area contributed by atoms with Gasteiger partial charge < -0.3 is 9.80 Å². The van der Waals surface area contributed by atoms with Crippen molar-refractivity contribution in [1.29, 1.82) is 0 Å². The number of nitrogens with zero attached hydrogens (tertiary/aromatic N) is 6. The highest BCUT2D eigenvalue weighted by Crippen LogP contribution is 2.29. The van der Waals surface area contributed by atoms with E-state index in [1.165, 1.54) is 0 Å². The van der Waals surface area contributed by atoms with Crippen molar-refractivity contribution in [2.75, 3.05) is 37.0 Å². The first-order valence-electron chi connectivity index (χ1n) is 7.17. The lowest BCUT2D eigenvalue weighted by molar-refractivity contribution is 0.736. The molecule has 110 valence electrons. The van der Waals surface area contributed by atoms with Crippen molar-refractivity contribution in [3.63, 3.8) is 0 Å². The Balaban J connectivity index is 1.76. The van der Waals surface area contributed by atoms with Crippen molar-refractivity contribution < 1.29 is 0 Å². The van der Waals surface area contributed by atoms with Gasteiger partial charge in [0.15, 0.2) is 0 Å². The van der Waals surface area contributed by atoms with E-state index >= 15 is 0 Å². The van der Waals surface area contributed by atoms with Crippen molar-refractivity contribution in [1.82, 2.24) is 19.9 Å². The Labute approximate surface area is 124 Å². The largest absolute Gasteiger partial charge is 0.356 e. The van der Waals surface area contributed by atoms with Crippen LogP contribution >= 0.6 is 0 Å². The maximum atomic E-state index is 4.66. The summed E-state index contributed by atoms with van der Waals surface area (Å²) in [5, 5.41) is 0. The van der Waals surface area contributed by atoms with Gasteiger partial charge >= 0.3 is 0 Å². The number of aromatic nitrogens is 4. The highest BCUT2D eigenvalue weighted by molar-refractivity contribution is 5.41. The molecule has 0 saturated carbocycles. The molecule has 1 aliphatic heterocycles. The van der Waals surface area contributed by atoms with Gasteiger partial charge in [-0.15, -0.1) is 0 Å². The molecule has 1 fully saturated rings. The highest BCUT2D eigenvalue weighted by atomic mass is 15.2. The Morgan fingerprint density at radius 2 is 2.10 bits per heavy atom. The first-order chi connectivity index (χ1) is 10.1. The second-order valence-corrected chi connectivity index (χ2v) is 5.63. The molecule has 0 spiro atoms. The van der Waals surface area contributed by atoms with E-state index in [9.17, 15) is 0 Å². The van der Waals surface area contributed by atoms with Crippen LogP contribution in [0.15, 0.2) is 24.7 Å². The molecule has 1 saturated heterocycles. The molecule has 3 heterocycles. The first-order valence-corrected chi connectivity index (χ1v) is 7.17. The molecule has 21 heavy (non-hydrogen) atoms. The number of anilines is 2. The van der Waals surface area contributed by atoms with Crippen LogP contribution in [0.5, 0.6) is 0 Å². The van der Waals surface area contributed by atoms with Gasteiger partial charge in [-0.25, -0.2) is 19.9 Å². The Hall–Kier alpha value is -2.24. The summed E-state index contributed by atoms with van der Waals surface area (Å²) in [7, 11) is 3.92. The van der Waals surface area contributed by atoms with Crippen LogP contribution in [-0.2, 0) is 0 Å². The molecule has 1 aliphatic rings. The fourth-order valence-corrected chi connectivity index (χ4v) is 2.63. The van der Waals surface area contributed by atoms with Gasteiger partial charge in [-0.1, -0.05) is 0 Å². The zero-order chi connectivity index (χ0) is 14.8. The average molecular weight is 284 g/mol. The molecule has 3 rings (SSSR count). The number of hydrogen-bond acceptors (Lipinski definition) is 6. The van der Waals surface area contributed by atoms with Crippen LogP contribution in [0.25, 0.3) is 0 Å². The molecule has 0 radical (unpaired) electrons. The SMILES string of the molecule is Cc1cc(N2CC[C@H](c3ccnc(N(C)C)n3)C2)ncn1. The van der Waals surface area contributed by atoms with Gasteiger partial charge in [-0.2, -0.15) is 0 Å². The summed E-state index contributed by atoms with van der Waals surface area (Å²) in [6.45, 7) is 3.94. The number of aryl methyl sites for hydroxylation is 1. The van der Waals surface area contributed by atoms with Crippen LogP contribution in [0.4, 0.5) is 11.8 Å². The van der Waals surface area contributed by atoms with E-state index in [1.54, 1.807) is 6.33 Å². The van der Waals surface area contributed by atoms with E-state index in [4.69, 9.17) is 0 Å². The van der Waals surface area contributed by atoms with E-state index < -0.39 is 0 Å². The summed E-state index contributed by atoms with van der Waals surface area (Å²) in [5.41, 5.74) is 2.11. The molecular weight excluding hydrogens is 264 g/mol. The molecular formula is C15H20N6. The molecule has 0 N–H and O–H groups in total. The van der Waals surface area contributed by atoms with Gasteiger partial charge in [0.05, 0.1) is 5.69 Å². The molecule has 0 amide bonds. The second kappa shape index (κ2) is 5.63. The quantitative estimate of drug-likeness (QED) is 0.854. The maximum Gasteiger partial charge on any atom is 0.224 e. The third-order valence-electron chi connectivity index (χ3n) is 3.78. The summed E-state index contributed by atoms with van der Waals surface area (Å²) >= 11 is 0. The van der Waals surface area contributed by atoms with Crippen LogP contribution in [0.1, 0.15) is 23.7 Å². The Bertz CT molecular complexity index is 627. The Morgan fingerprint density at radius 3 is 2.86 bits per heavy atom. The Morgan fingerprint density at radius 1 is 1.24 bits per heavy atom. The van der Waals surface area contributed by atoms with Crippen molar-refractivity contribution in [3.8, 4) is 0 Å². The van der Waals surface area contributed by atoms with Crippen molar-refractivity contribution in [2.24, 2.45) is 0 Å². The first kappa shape index (κ1) is 13.7. The highest BCUT2D eigenvalue weighted by Gasteiger charge is 2.26. The van der Waals surface area contributed by atoms with Gasteiger partial charge in [-0.05, 0) is 19.4 Å². The maximum absolute atomic E-state index is 4.66. The topological polar surface area (TPSA) is 58.0 Å². The summed E-state index contributed by atoms with van der Waals surface area (Å²) < 4.78 is 0. The van der Waals surface area contributed by atoms with Crippen molar-refractivity contribution in [2.45, 2.75) is 19.3 Å². The van der Waals surface area contributed by atoms with E-state index in [1.807, 2.05) is 44.2 Å². The van der Waals surface area contributed by atoms with E-state index in [2.05, 4.69) is 24.8 Å². The van der Waals surface area contributed by atoms with Gasteiger partial charge in [0.2, 0.25) is 5.95 Å². The lowest BCUT2D eigenvalue weighted by Gasteiger charge is -2.18. The molecule has 6 heteroatoms. The fourth-order valence-electron chi connectivity index (χ4n) is 2.63. The molecule has 2 aromatic rings. The molecule has 0 aromatic carbocycles. The minimum atomic E-state index is 0.432. The van der Waals surface area contributed by atoms with Crippen LogP contribution in [0.3, 0.4) is 0 Å². The van der Waals surface area contributed by atoms with E-state index in [0.29, 0.717) is 5.92 Å². The second-order valence-electron chi connectivity index (χ2n) is 5.63. The van der Waals surface area contributed by atoms with Crippen LogP contribution < -0.4 is 9.80 Å². The van der Waals surface area contributed by atoms with Crippen molar-refractivity contribution in [3.05, 3.63) is 36.0 Å². The summed E-state index contributed by atoms with van der Waals surface area (Å²) in [5.74, 6) is 2.21. The molecule has 2 aromatic heterocycles.